The Morgan fingerprint density at radius 3 is 1.36 bits per heavy atom. The SMILES string of the molecule is CCCc1oc(=O)oc1C(OC(=O)OC(c1ccc([N+](=O)[O-])cc1)c1oc(=O)oc1CCC)c1ccc([N+](=O)[O-])cc1. The number of non-ortho nitro benzene ring substituents is 2. The summed E-state index contributed by atoms with van der Waals surface area (Å²) < 4.78 is 31.8. The molecule has 0 saturated heterocycles. The molecule has 15 nitrogen and oxygen atoms in total. The Labute approximate surface area is 235 Å². The average molecular weight is 584 g/mol. The molecule has 4 rings (SSSR count). The number of carbonyl (C=O) groups excluding carboxylic acids is 1. The number of carbonyl (C=O) groups is 1. The van der Waals surface area contributed by atoms with E-state index in [0.29, 0.717) is 12.8 Å². The molecule has 0 aliphatic heterocycles. The molecule has 0 aliphatic rings. The minimum absolute atomic E-state index is 0.0941. The summed E-state index contributed by atoms with van der Waals surface area (Å²) in [5.41, 5.74) is -0.0981. The Bertz CT molecular complexity index is 1550. The molecule has 2 aromatic heterocycles. The number of hydrogen-bond donors (Lipinski definition) is 0. The number of nitro benzene ring substituents is 2. The van der Waals surface area contributed by atoms with Gasteiger partial charge in [0.25, 0.3) is 11.4 Å². The quantitative estimate of drug-likeness (QED) is 0.114. The maximum atomic E-state index is 13.3. The zero-order valence-electron chi connectivity index (χ0n) is 22.3. The Balaban J connectivity index is 1.73. The lowest BCUT2D eigenvalue weighted by molar-refractivity contribution is -0.385. The van der Waals surface area contributed by atoms with E-state index in [9.17, 15) is 34.6 Å². The third kappa shape index (κ3) is 6.63. The van der Waals surface area contributed by atoms with E-state index in [0.717, 1.165) is 0 Å². The van der Waals surface area contributed by atoms with Gasteiger partial charge in [-0.3, -0.25) is 20.2 Å². The Kier molecular flexibility index (Phi) is 8.99. The minimum atomic E-state index is -1.43. The Hall–Kier alpha value is -5.47. The monoisotopic (exact) mass is 584 g/mol. The Morgan fingerprint density at radius 2 is 1.05 bits per heavy atom. The van der Waals surface area contributed by atoms with Gasteiger partial charge in [-0.1, -0.05) is 13.8 Å². The Morgan fingerprint density at radius 1 is 0.690 bits per heavy atom. The second-order valence-electron chi connectivity index (χ2n) is 8.93. The maximum Gasteiger partial charge on any atom is 0.519 e. The molecule has 2 unspecified atom stereocenters. The van der Waals surface area contributed by atoms with Crippen LogP contribution in [0, 0.1) is 20.2 Å². The van der Waals surface area contributed by atoms with Gasteiger partial charge in [-0.2, -0.15) is 0 Å². The van der Waals surface area contributed by atoms with Crippen molar-refractivity contribution in [2.45, 2.75) is 51.7 Å². The number of hydrogen-bond acceptors (Lipinski definition) is 13. The zero-order valence-corrected chi connectivity index (χ0v) is 22.3. The largest absolute Gasteiger partial charge is 0.519 e. The molecule has 0 aliphatic carbocycles. The van der Waals surface area contributed by atoms with E-state index in [1.165, 1.54) is 48.5 Å². The molecule has 0 bridgehead atoms. The lowest BCUT2D eigenvalue weighted by atomic mass is 10.0. The van der Waals surface area contributed by atoms with Crippen molar-refractivity contribution in [2.24, 2.45) is 0 Å². The molecule has 42 heavy (non-hydrogen) atoms. The summed E-state index contributed by atoms with van der Waals surface area (Å²) >= 11 is 0. The van der Waals surface area contributed by atoms with E-state index in [-0.39, 0.29) is 58.4 Å². The number of nitro groups is 2. The smallest absolute Gasteiger partial charge is 0.418 e. The van der Waals surface area contributed by atoms with Crippen molar-refractivity contribution in [3.05, 3.63) is 124 Å². The van der Waals surface area contributed by atoms with Gasteiger partial charge in [0.1, 0.15) is 0 Å². The fourth-order valence-corrected chi connectivity index (χ4v) is 4.15. The number of rotatable bonds is 12. The number of benzene rings is 2. The van der Waals surface area contributed by atoms with E-state index in [4.69, 9.17) is 27.1 Å². The van der Waals surface area contributed by atoms with Crippen molar-refractivity contribution in [1.29, 1.82) is 0 Å². The summed E-state index contributed by atoms with van der Waals surface area (Å²) in [6.07, 6.45) is -2.64. The zero-order chi connectivity index (χ0) is 30.4. The molecule has 0 fully saturated rings. The number of aryl methyl sites for hydroxylation is 2. The molecule has 0 radical (unpaired) electrons. The first kappa shape index (κ1) is 29.5. The van der Waals surface area contributed by atoms with Crippen LogP contribution >= 0.6 is 0 Å². The van der Waals surface area contributed by atoms with Crippen LogP contribution in [0.15, 0.2) is 75.8 Å². The van der Waals surface area contributed by atoms with Gasteiger partial charge in [0.2, 0.25) is 0 Å². The van der Waals surface area contributed by atoms with Gasteiger partial charge in [0.15, 0.2) is 35.2 Å². The highest BCUT2D eigenvalue weighted by atomic mass is 16.7. The molecule has 2 heterocycles. The molecular weight excluding hydrogens is 560 g/mol. The van der Waals surface area contributed by atoms with Crippen molar-refractivity contribution >= 4 is 17.5 Å². The van der Waals surface area contributed by atoms with Gasteiger partial charge >= 0.3 is 17.8 Å². The van der Waals surface area contributed by atoms with Crippen molar-refractivity contribution in [3.8, 4) is 0 Å². The van der Waals surface area contributed by atoms with E-state index in [1.807, 2.05) is 13.8 Å². The second kappa shape index (κ2) is 12.8. The van der Waals surface area contributed by atoms with Crippen molar-refractivity contribution in [3.63, 3.8) is 0 Å². The number of nitrogens with zero attached hydrogens (tertiary/aromatic N) is 2. The molecule has 2 aromatic carbocycles. The van der Waals surface area contributed by atoms with Gasteiger partial charge in [0, 0.05) is 48.2 Å². The second-order valence-corrected chi connectivity index (χ2v) is 8.93. The third-order valence-electron chi connectivity index (χ3n) is 6.02. The maximum absolute atomic E-state index is 13.3. The predicted molar refractivity (Wildman–Crippen MR) is 140 cm³/mol. The van der Waals surface area contributed by atoms with Crippen LogP contribution in [-0.2, 0) is 22.3 Å². The number of ether oxygens (including phenoxy) is 2. The third-order valence-corrected chi connectivity index (χ3v) is 6.02. The van der Waals surface area contributed by atoms with E-state index >= 15 is 0 Å². The van der Waals surface area contributed by atoms with Crippen LogP contribution in [0.2, 0.25) is 0 Å². The molecule has 220 valence electrons. The summed E-state index contributed by atoms with van der Waals surface area (Å²) in [5.74, 6) is -2.22. The van der Waals surface area contributed by atoms with E-state index < -0.39 is 39.9 Å². The highest BCUT2D eigenvalue weighted by Crippen LogP contribution is 2.34. The van der Waals surface area contributed by atoms with E-state index in [1.54, 1.807) is 0 Å². The predicted octanol–water partition coefficient (Wildman–Crippen LogP) is 5.53. The topological polar surface area (TPSA) is 209 Å². The van der Waals surface area contributed by atoms with E-state index in [2.05, 4.69) is 0 Å². The first-order valence-corrected chi connectivity index (χ1v) is 12.7. The molecule has 2 atom stereocenters. The van der Waals surface area contributed by atoms with Gasteiger partial charge in [0.05, 0.1) is 9.85 Å². The molecule has 0 saturated carbocycles. The van der Waals surface area contributed by atoms with Crippen LogP contribution in [0.25, 0.3) is 0 Å². The van der Waals surface area contributed by atoms with Crippen LogP contribution in [0.3, 0.4) is 0 Å². The summed E-state index contributed by atoms with van der Waals surface area (Å²) in [5, 5.41) is 22.3. The molecule has 4 aromatic rings. The highest BCUT2D eigenvalue weighted by molar-refractivity contribution is 5.62. The standard InChI is InChI=1S/C27H24N2O13/c1-3-5-19-23(41-25(30)37-19)21(15-7-11-17(12-8-15)28(33)34)39-27(32)40-22(16-9-13-18(14-10-16)29(35)36)24-20(6-4-2)38-26(31)42-24/h7-14,21-22H,3-6H2,1-2H3. The molecular formula is C27H24N2O13. The van der Waals surface area contributed by atoms with Gasteiger partial charge in [-0.25, -0.2) is 14.4 Å². The van der Waals surface area contributed by atoms with Gasteiger partial charge in [-0.15, -0.1) is 0 Å². The normalized spacial score (nSPS) is 12.4. The van der Waals surface area contributed by atoms with Crippen LogP contribution in [0.4, 0.5) is 16.2 Å². The van der Waals surface area contributed by atoms with Crippen LogP contribution in [-0.4, -0.2) is 16.0 Å². The molecule has 0 spiro atoms. The van der Waals surface area contributed by atoms with Crippen molar-refractivity contribution in [1.82, 2.24) is 0 Å². The van der Waals surface area contributed by atoms with Crippen LogP contribution in [0.5, 0.6) is 0 Å². The highest BCUT2D eigenvalue weighted by Gasteiger charge is 2.33. The first-order chi connectivity index (χ1) is 20.1. The fourth-order valence-electron chi connectivity index (χ4n) is 4.15. The first-order valence-electron chi connectivity index (χ1n) is 12.7. The molecule has 0 amide bonds. The fraction of sp³-hybridized carbons (Fsp3) is 0.296. The lowest BCUT2D eigenvalue weighted by Gasteiger charge is -2.20. The van der Waals surface area contributed by atoms with Crippen LogP contribution in [0.1, 0.15) is 73.1 Å². The summed E-state index contributed by atoms with van der Waals surface area (Å²) in [6.45, 7) is 3.63. The lowest BCUT2D eigenvalue weighted by Crippen LogP contribution is -2.19. The summed E-state index contributed by atoms with van der Waals surface area (Å²) in [7, 11) is 0. The van der Waals surface area contributed by atoms with Crippen molar-refractivity contribution in [2.75, 3.05) is 0 Å². The average Bonchev–Trinajstić information content (AvgIpc) is 3.51. The summed E-state index contributed by atoms with van der Waals surface area (Å²) in [6, 6.07) is 9.92. The molecule has 15 heteroatoms. The van der Waals surface area contributed by atoms with Gasteiger partial charge in [-0.05, 0) is 37.1 Å². The van der Waals surface area contributed by atoms with Crippen LogP contribution < -0.4 is 11.6 Å². The van der Waals surface area contributed by atoms with Crippen molar-refractivity contribution < 1.29 is 41.8 Å². The minimum Gasteiger partial charge on any atom is -0.418 e. The molecule has 0 N–H and O–H groups in total. The summed E-state index contributed by atoms with van der Waals surface area (Å²) in [4.78, 5) is 58.3. The van der Waals surface area contributed by atoms with Gasteiger partial charge < -0.3 is 27.1 Å².